The van der Waals surface area contributed by atoms with Gasteiger partial charge in [-0.05, 0) is 30.2 Å². The fourth-order valence-corrected chi connectivity index (χ4v) is 1.59. The molecule has 0 fully saturated rings. The van der Waals surface area contributed by atoms with Gasteiger partial charge in [-0.25, -0.2) is 14.8 Å². The van der Waals surface area contributed by atoms with Crippen molar-refractivity contribution in [3.8, 4) is 0 Å². The zero-order valence-corrected chi connectivity index (χ0v) is 9.42. The normalized spacial score (nSPS) is 13.2. The number of benzene rings is 1. The van der Waals surface area contributed by atoms with Crippen molar-refractivity contribution in [3.05, 3.63) is 35.1 Å². The summed E-state index contributed by atoms with van der Waals surface area (Å²) in [5.74, 6) is -0.211. The molecule has 4 heteroatoms. The van der Waals surface area contributed by atoms with E-state index in [-0.39, 0.29) is 11.9 Å². The third-order valence-corrected chi connectivity index (χ3v) is 2.26. The van der Waals surface area contributed by atoms with Crippen LogP contribution in [-0.4, -0.2) is 25.6 Å². The van der Waals surface area contributed by atoms with Gasteiger partial charge in [-0.15, -0.1) is 0 Å². The Kier molecular flexibility index (Phi) is 4.20. The Morgan fingerprint density at radius 3 is 2.60 bits per heavy atom. The molecule has 15 heavy (non-hydrogen) atoms. The molecule has 0 bridgehead atoms. The second-order valence-corrected chi connectivity index (χ2v) is 3.81. The highest BCUT2D eigenvalue weighted by Gasteiger charge is 2.12. The number of nitrogens with zero attached hydrogens (tertiary/aromatic N) is 1. The lowest BCUT2D eigenvalue weighted by Gasteiger charge is -2.23. The van der Waals surface area contributed by atoms with Crippen molar-refractivity contribution in [2.45, 2.75) is 13.0 Å². The van der Waals surface area contributed by atoms with Crippen LogP contribution in [0.25, 0.3) is 0 Å². The third kappa shape index (κ3) is 3.27. The van der Waals surface area contributed by atoms with Gasteiger partial charge in [-0.2, -0.15) is 0 Å². The number of hydrazine groups is 1. The molecule has 1 unspecified atom stereocenters. The summed E-state index contributed by atoms with van der Waals surface area (Å²) in [5.41, 5.74) is 10.8. The summed E-state index contributed by atoms with van der Waals surface area (Å²) >= 11 is 0. The third-order valence-electron chi connectivity index (χ3n) is 2.26. The van der Waals surface area contributed by atoms with Crippen molar-refractivity contribution < 1.29 is 4.39 Å². The Balaban J connectivity index is 2.91. The van der Waals surface area contributed by atoms with Crippen LogP contribution >= 0.6 is 0 Å². The van der Waals surface area contributed by atoms with Crippen LogP contribution in [0.15, 0.2) is 18.2 Å². The Morgan fingerprint density at radius 2 is 2.13 bits per heavy atom. The van der Waals surface area contributed by atoms with Gasteiger partial charge in [0.05, 0.1) is 6.04 Å². The predicted octanol–water partition coefficient (Wildman–Crippen LogP) is 1.20. The topological polar surface area (TPSA) is 41.3 Å². The summed E-state index contributed by atoms with van der Waals surface area (Å²) in [6.45, 7) is 2.36. The van der Waals surface area contributed by atoms with Gasteiger partial charge in [0, 0.05) is 20.6 Å². The molecule has 0 saturated heterocycles. The molecule has 0 amide bonds. The Bertz CT molecular complexity index is 326. The van der Waals surface area contributed by atoms with E-state index in [1.807, 2.05) is 26.0 Å². The first-order valence-electron chi connectivity index (χ1n) is 4.94. The van der Waals surface area contributed by atoms with Crippen LogP contribution in [0.2, 0.25) is 0 Å². The molecule has 3 nitrogen and oxygen atoms in total. The molecular formula is C11H18FN3. The van der Waals surface area contributed by atoms with Gasteiger partial charge >= 0.3 is 0 Å². The Labute approximate surface area is 90.0 Å². The SMILES string of the molecule is Cc1cc(F)ccc1C(CN)NN(C)C. The van der Waals surface area contributed by atoms with Gasteiger partial charge in [0.15, 0.2) is 0 Å². The highest BCUT2D eigenvalue weighted by Crippen LogP contribution is 2.17. The number of hydrogen-bond donors (Lipinski definition) is 2. The second kappa shape index (κ2) is 5.21. The molecule has 1 aromatic carbocycles. The van der Waals surface area contributed by atoms with Crippen LogP contribution in [0.5, 0.6) is 0 Å². The maximum atomic E-state index is 12.9. The number of hydrogen-bond acceptors (Lipinski definition) is 3. The number of aryl methyl sites for hydroxylation is 1. The minimum Gasteiger partial charge on any atom is -0.329 e. The van der Waals surface area contributed by atoms with E-state index < -0.39 is 0 Å². The lowest BCUT2D eigenvalue weighted by atomic mass is 10.0. The molecule has 1 atom stereocenters. The fourth-order valence-electron chi connectivity index (χ4n) is 1.59. The van der Waals surface area contributed by atoms with E-state index in [0.29, 0.717) is 6.54 Å². The van der Waals surface area contributed by atoms with Crippen molar-refractivity contribution in [1.29, 1.82) is 0 Å². The van der Waals surface area contributed by atoms with Crippen LogP contribution < -0.4 is 11.2 Å². The van der Waals surface area contributed by atoms with Gasteiger partial charge < -0.3 is 5.73 Å². The number of nitrogens with two attached hydrogens (primary N) is 1. The van der Waals surface area contributed by atoms with E-state index >= 15 is 0 Å². The maximum Gasteiger partial charge on any atom is 0.123 e. The summed E-state index contributed by atoms with van der Waals surface area (Å²) in [4.78, 5) is 0. The van der Waals surface area contributed by atoms with E-state index in [1.54, 1.807) is 6.07 Å². The quantitative estimate of drug-likeness (QED) is 0.735. The average molecular weight is 211 g/mol. The van der Waals surface area contributed by atoms with Crippen molar-refractivity contribution in [3.63, 3.8) is 0 Å². The molecule has 0 aliphatic rings. The van der Waals surface area contributed by atoms with Crippen molar-refractivity contribution >= 4 is 0 Å². The lowest BCUT2D eigenvalue weighted by Crippen LogP contribution is -2.38. The molecule has 0 heterocycles. The zero-order valence-electron chi connectivity index (χ0n) is 9.42. The van der Waals surface area contributed by atoms with Crippen molar-refractivity contribution in [2.75, 3.05) is 20.6 Å². The molecular weight excluding hydrogens is 193 g/mol. The lowest BCUT2D eigenvalue weighted by molar-refractivity contribution is 0.245. The van der Waals surface area contributed by atoms with E-state index in [9.17, 15) is 4.39 Å². The first kappa shape index (κ1) is 12.1. The molecule has 1 rings (SSSR count). The maximum absolute atomic E-state index is 12.9. The van der Waals surface area contributed by atoms with Crippen molar-refractivity contribution in [1.82, 2.24) is 10.4 Å². The molecule has 0 radical (unpaired) electrons. The summed E-state index contributed by atoms with van der Waals surface area (Å²) in [5, 5.41) is 1.85. The molecule has 0 aromatic heterocycles. The average Bonchev–Trinajstić information content (AvgIpc) is 2.14. The first-order chi connectivity index (χ1) is 7.04. The van der Waals surface area contributed by atoms with E-state index in [2.05, 4.69) is 5.43 Å². The fraction of sp³-hybridized carbons (Fsp3) is 0.455. The van der Waals surface area contributed by atoms with Gasteiger partial charge in [0.1, 0.15) is 5.82 Å². The van der Waals surface area contributed by atoms with E-state index in [4.69, 9.17) is 5.73 Å². The number of rotatable bonds is 4. The van der Waals surface area contributed by atoms with Crippen LogP contribution in [0.1, 0.15) is 17.2 Å². The highest BCUT2D eigenvalue weighted by molar-refractivity contribution is 5.29. The van der Waals surface area contributed by atoms with Crippen LogP contribution in [0, 0.1) is 12.7 Å². The summed E-state index contributed by atoms with van der Waals surface area (Å²) in [6.07, 6.45) is 0. The number of halogens is 1. The van der Waals surface area contributed by atoms with Crippen molar-refractivity contribution in [2.24, 2.45) is 5.73 Å². The predicted molar refractivity (Wildman–Crippen MR) is 59.8 cm³/mol. The van der Waals surface area contributed by atoms with Gasteiger partial charge in [-0.1, -0.05) is 6.07 Å². The minimum atomic E-state index is -0.211. The van der Waals surface area contributed by atoms with Crippen LogP contribution in [-0.2, 0) is 0 Å². The molecule has 0 spiro atoms. The standard InChI is InChI=1S/C11H18FN3/c1-8-6-9(12)4-5-10(8)11(7-13)14-15(2)3/h4-6,11,14H,7,13H2,1-3H3. The molecule has 0 saturated carbocycles. The Hall–Kier alpha value is -0.970. The first-order valence-corrected chi connectivity index (χ1v) is 4.94. The van der Waals surface area contributed by atoms with Crippen LogP contribution in [0.3, 0.4) is 0 Å². The second-order valence-electron chi connectivity index (χ2n) is 3.81. The zero-order chi connectivity index (χ0) is 11.4. The molecule has 1 aromatic rings. The van der Waals surface area contributed by atoms with Gasteiger partial charge in [0.25, 0.3) is 0 Å². The number of nitrogens with one attached hydrogen (secondary N) is 1. The Morgan fingerprint density at radius 1 is 1.47 bits per heavy atom. The molecule has 0 aliphatic heterocycles. The summed E-state index contributed by atoms with van der Waals surface area (Å²) in [7, 11) is 3.81. The molecule has 84 valence electrons. The van der Waals surface area contributed by atoms with E-state index in [0.717, 1.165) is 11.1 Å². The van der Waals surface area contributed by atoms with Crippen LogP contribution in [0.4, 0.5) is 4.39 Å². The van der Waals surface area contributed by atoms with Gasteiger partial charge in [0.2, 0.25) is 0 Å². The van der Waals surface area contributed by atoms with Gasteiger partial charge in [-0.3, -0.25) is 0 Å². The highest BCUT2D eigenvalue weighted by atomic mass is 19.1. The van der Waals surface area contributed by atoms with E-state index in [1.165, 1.54) is 12.1 Å². The summed E-state index contributed by atoms with van der Waals surface area (Å²) in [6, 6.07) is 4.79. The largest absolute Gasteiger partial charge is 0.329 e. The monoisotopic (exact) mass is 211 g/mol. The summed E-state index contributed by atoms with van der Waals surface area (Å²) < 4.78 is 12.9. The molecule has 0 aliphatic carbocycles. The smallest absolute Gasteiger partial charge is 0.123 e. The molecule has 3 N–H and O–H groups in total. The minimum absolute atomic E-state index is 0.0283.